The van der Waals surface area contributed by atoms with Gasteiger partial charge in [-0.2, -0.15) is 15.0 Å². The number of carbonyl (C=O) groups is 6. The molecule has 0 spiro atoms. The van der Waals surface area contributed by atoms with Crippen molar-refractivity contribution in [1.82, 2.24) is 44.6 Å². The van der Waals surface area contributed by atoms with Gasteiger partial charge in [0.05, 0.1) is 39.5 Å². The van der Waals surface area contributed by atoms with Crippen molar-refractivity contribution in [1.29, 1.82) is 0 Å². The molecule has 6 aliphatic rings. The lowest BCUT2D eigenvalue weighted by Crippen LogP contribution is -3.00. The Kier molecular flexibility index (Phi) is 32.8. The number of carbonyl (C=O) groups excluding carboxylic acids is 6. The summed E-state index contributed by atoms with van der Waals surface area (Å²) in [6.07, 6.45) is 7.41. The van der Waals surface area contributed by atoms with E-state index in [2.05, 4.69) is 30.9 Å². The predicted molar refractivity (Wildman–Crippen MR) is 315 cm³/mol. The molecule has 6 fully saturated rings. The van der Waals surface area contributed by atoms with E-state index in [1.54, 1.807) is 0 Å². The number of rotatable bonds is 24. The second-order valence-electron chi connectivity index (χ2n) is 23.0. The Morgan fingerprint density at radius 3 is 0.968 bits per heavy atom. The van der Waals surface area contributed by atoms with Gasteiger partial charge in [-0.25, -0.2) is 28.8 Å². The highest BCUT2D eigenvalue weighted by Gasteiger charge is 2.39. The van der Waals surface area contributed by atoms with Crippen molar-refractivity contribution in [3.05, 3.63) is 68.2 Å². The average molecular weight is 1380 g/mol. The number of anilines is 3. The van der Waals surface area contributed by atoms with Crippen LogP contribution < -0.4 is 103 Å². The third-order valence-corrected chi connectivity index (χ3v) is 16.6. The summed E-state index contributed by atoms with van der Waals surface area (Å²) in [7, 11) is 0. The van der Waals surface area contributed by atoms with Crippen LogP contribution >= 0.6 is 0 Å². The molecule has 3 amide bonds. The van der Waals surface area contributed by atoms with Gasteiger partial charge >= 0.3 is 35.0 Å². The molecule has 0 aliphatic carbocycles. The molecular formula is C57H90Cl3N15O18. The third-order valence-electron chi connectivity index (χ3n) is 16.6. The zero-order valence-corrected chi connectivity index (χ0v) is 55.2. The van der Waals surface area contributed by atoms with Crippen molar-refractivity contribution in [3.63, 3.8) is 0 Å². The molecule has 0 bridgehead atoms. The van der Waals surface area contributed by atoms with Crippen LogP contribution in [0.15, 0.2) is 51.2 Å². The molecule has 6 aliphatic heterocycles. The number of halogens is 3. The predicted octanol–water partition coefficient (Wildman–Crippen LogP) is -13.5. The third kappa shape index (κ3) is 22.8. The largest absolute Gasteiger partial charge is 1.00 e. The van der Waals surface area contributed by atoms with E-state index in [-0.39, 0.29) is 148 Å². The van der Waals surface area contributed by atoms with Gasteiger partial charge < -0.3 is 129 Å². The fourth-order valence-electron chi connectivity index (χ4n) is 10.5. The lowest BCUT2D eigenvalue weighted by molar-refractivity contribution is -0.657. The van der Waals surface area contributed by atoms with Gasteiger partial charge in [-0.1, -0.05) is 60.8 Å². The summed E-state index contributed by atoms with van der Waals surface area (Å²) in [5.74, 6) is -1.90. The number of nitrogen functional groups attached to an aromatic ring is 3. The van der Waals surface area contributed by atoms with Gasteiger partial charge in [-0.3, -0.25) is 28.1 Å². The molecule has 11 unspecified atom stereocenters. The van der Waals surface area contributed by atoms with Gasteiger partial charge in [0.25, 0.3) is 17.7 Å². The van der Waals surface area contributed by atoms with Gasteiger partial charge in [0.1, 0.15) is 55.4 Å². The number of nitrogens with one attached hydrogen (secondary N) is 3. The molecule has 36 heteroatoms. The number of hydrogen-bond donors (Lipinski definition) is 9. The number of nitrogens with zero attached hydrogens (tertiary/aromatic N) is 6. The summed E-state index contributed by atoms with van der Waals surface area (Å²) < 4.78 is 53.2. The van der Waals surface area contributed by atoms with Crippen LogP contribution in [-0.2, 0) is 71.4 Å². The van der Waals surface area contributed by atoms with Crippen molar-refractivity contribution in [3.8, 4) is 0 Å². The van der Waals surface area contributed by atoms with Crippen LogP contribution in [0.3, 0.4) is 0 Å². The van der Waals surface area contributed by atoms with Crippen LogP contribution in [0.5, 0.6) is 0 Å². The molecular weight excluding hydrogens is 1290 g/mol. The summed E-state index contributed by atoms with van der Waals surface area (Å²) in [5.41, 5.74) is 14.8. The Bertz CT molecular complexity index is 2760. The molecule has 0 saturated carbocycles. The van der Waals surface area contributed by atoms with E-state index in [1.807, 2.05) is 57.5 Å². The first-order valence-corrected chi connectivity index (χ1v) is 30.9. The van der Waals surface area contributed by atoms with Gasteiger partial charge in [-0.05, 0) is 36.0 Å². The first-order chi connectivity index (χ1) is 43.2. The number of ether oxygens (including phenoxy) is 9. The minimum atomic E-state index is -0.820. The van der Waals surface area contributed by atoms with Crippen LogP contribution in [0.25, 0.3) is 0 Å². The van der Waals surface area contributed by atoms with Gasteiger partial charge in [-0.15, -0.1) is 0 Å². The van der Waals surface area contributed by atoms with Crippen LogP contribution in [0.2, 0.25) is 0 Å². The summed E-state index contributed by atoms with van der Waals surface area (Å²) in [6.45, 7) is 14.2. The number of nitrogens with two attached hydrogens (primary N) is 6. The van der Waals surface area contributed by atoms with Crippen LogP contribution in [0, 0.1) is 17.8 Å². The van der Waals surface area contributed by atoms with Crippen molar-refractivity contribution in [2.45, 2.75) is 173 Å². The Hall–Kier alpha value is -6.63. The molecule has 3 aromatic heterocycles. The zero-order chi connectivity index (χ0) is 65.0. The first-order valence-electron chi connectivity index (χ1n) is 30.9. The van der Waals surface area contributed by atoms with Crippen molar-refractivity contribution >= 4 is 53.1 Å². The summed E-state index contributed by atoms with van der Waals surface area (Å²) in [5, 5.41) is 14.5. The Labute approximate surface area is 555 Å². The van der Waals surface area contributed by atoms with Crippen LogP contribution in [0.4, 0.5) is 17.5 Å². The Balaban J connectivity index is 0.000000293. The summed E-state index contributed by atoms with van der Waals surface area (Å²) in [6, 6.07) is 1.78. The minimum absolute atomic E-state index is 0. The lowest BCUT2D eigenvalue weighted by atomic mass is 9.98. The maximum absolute atomic E-state index is 12.7. The van der Waals surface area contributed by atoms with Crippen LogP contribution in [0.1, 0.15) is 118 Å². The standard InChI is InChI=1S/3C19H29N5O6.3ClH/c3*1-3-11(2)16(23-17(25)12-5-4-7-21-12)18(26)29-10-15-28-9-14(30-15)24-8-6-13(20)22-19(24)27;;;/h3*6,8,11-12,14-16,21H,3-5,7,9-10H2,1-2H3,(H,23,25)(H2,20,22,27);3*1H/t2*11?,12?,14-,15-,16?;;;;/m10..../s1. The lowest BCUT2D eigenvalue weighted by Gasteiger charge is -2.24. The second kappa shape index (κ2) is 38.7. The van der Waals surface area contributed by atoms with Gasteiger partial charge in [0.15, 0.2) is 55.7 Å². The SMILES string of the molecule is CCC(C)C(NC(=O)C1CCC[NH2+]1)C(=O)OCC1OCC(n2ccc(N)nc2=O)O1.CCC(C)C(NC(=O)C1CCC[NH2+]1)C(=O)OC[C@@H]1OC[C@H](n2ccc(N)nc2=O)O1.CCC(C)C(NC(=O)C1CCC[NH2+]1)C(=O)OC[C@H]1OC[C@@H](n2ccc(N)nc2=O)O1.[Cl-].[Cl-].[Cl-]. The Morgan fingerprint density at radius 1 is 0.495 bits per heavy atom. The molecule has 9 rings (SSSR count). The summed E-state index contributed by atoms with van der Waals surface area (Å²) in [4.78, 5) is 122. The molecule has 0 radical (unpaired) electrons. The van der Waals surface area contributed by atoms with Crippen LogP contribution in [-0.4, -0.2) is 179 Å². The van der Waals surface area contributed by atoms with Crippen molar-refractivity contribution in [2.75, 3.05) is 76.5 Å². The maximum atomic E-state index is 12.7. The number of quaternary nitrogens is 3. The number of amides is 3. The van der Waals surface area contributed by atoms with Crippen molar-refractivity contribution < 1.29 is 125 Å². The van der Waals surface area contributed by atoms with Crippen molar-refractivity contribution in [2.24, 2.45) is 17.8 Å². The second-order valence-corrected chi connectivity index (χ2v) is 23.0. The average Bonchev–Trinajstić information content (AvgIpc) is 2.24. The first kappa shape index (κ1) is 78.8. The normalized spacial score (nSPS) is 24.8. The topological polar surface area (TPSA) is 454 Å². The zero-order valence-electron chi connectivity index (χ0n) is 53.0. The molecule has 0 aromatic carbocycles. The van der Waals surface area contributed by atoms with E-state index in [1.165, 1.54) is 50.5 Å². The van der Waals surface area contributed by atoms with E-state index in [0.717, 1.165) is 58.2 Å². The highest BCUT2D eigenvalue weighted by molar-refractivity contribution is 5.88. The molecule has 15 atom stereocenters. The number of esters is 3. The Morgan fingerprint density at radius 2 is 0.753 bits per heavy atom. The molecule has 33 nitrogen and oxygen atoms in total. The van der Waals surface area contributed by atoms with E-state index in [0.29, 0.717) is 19.3 Å². The fraction of sp³-hybridized carbons (Fsp3) is 0.684. The van der Waals surface area contributed by atoms with Gasteiger partial charge in [0.2, 0.25) is 0 Å². The quantitative estimate of drug-likeness (QED) is 0.0297. The molecule has 522 valence electrons. The molecule has 6 saturated heterocycles. The molecule has 9 heterocycles. The monoisotopic (exact) mass is 1380 g/mol. The van der Waals surface area contributed by atoms with E-state index >= 15 is 0 Å². The number of aromatic nitrogens is 6. The number of hydrogen-bond acceptors (Lipinski definition) is 24. The maximum Gasteiger partial charge on any atom is 0.351 e. The summed E-state index contributed by atoms with van der Waals surface area (Å²) >= 11 is 0. The van der Waals surface area contributed by atoms with E-state index < -0.39 is 90.7 Å². The van der Waals surface area contributed by atoms with E-state index in [4.69, 9.17) is 59.8 Å². The smallest absolute Gasteiger partial charge is 0.351 e. The fourth-order valence-corrected chi connectivity index (χ4v) is 10.5. The minimum Gasteiger partial charge on any atom is -1.00 e. The highest BCUT2D eigenvalue weighted by atomic mass is 35.5. The highest BCUT2D eigenvalue weighted by Crippen LogP contribution is 2.24. The molecule has 3 aromatic rings. The van der Waals surface area contributed by atoms with Gasteiger partial charge in [0, 0.05) is 57.1 Å². The van der Waals surface area contributed by atoms with E-state index in [9.17, 15) is 43.2 Å². The molecule has 93 heavy (non-hydrogen) atoms. The molecule has 15 N–H and O–H groups in total.